The third kappa shape index (κ3) is 4.71. The minimum Gasteiger partial charge on any atom is -0.355 e. The number of fused-ring (bicyclic) bond motifs is 1. The van der Waals surface area contributed by atoms with Gasteiger partial charge >= 0.3 is 0 Å². The fraction of sp³-hybridized carbons (Fsp3) is 0.0357. The second-order valence-corrected chi connectivity index (χ2v) is 7.93. The number of pyridine rings is 2. The second-order valence-electron chi connectivity index (χ2n) is 7.93. The summed E-state index contributed by atoms with van der Waals surface area (Å²) in [5, 5.41) is 10.8. The molecule has 0 saturated heterocycles. The molecule has 166 valence electrons. The van der Waals surface area contributed by atoms with Crippen molar-refractivity contribution in [3.05, 3.63) is 115 Å². The number of benzene rings is 3. The van der Waals surface area contributed by atoms with Gasteiger partial charge in [0.05, 0.1) is 11.2 Å². The van der Waals surface area contributed by atoms with E-state index in [9.17, 15) is 4.79 Å². The lowest BCUT2D eigenvalue weighted by atomic mass is 10.1. The van der Waals surface area contributed by atoms with Crippen LogP contribution in [0, 0.1) is 6.92 Å². The Morgan fingerprint density at radius 3 is 2.29 bits per heavy atom. The molecule has 34 heavy (non-hydrogen) atoms. The summed E-state index contributed by atoms with van der Waals surface area (Å²) in [7, 11) is 0. The largest absolute Gasteiger partial charge is 0.355 e. The van der Waals surface area contributed by atoms with Gasteiger partial charge in [-0.1, -0.05) is 24.3 Å². The summed E-state index contributed by atoms with van der Waals surface area (Å²) in [6.45, 7) is 2.03. The van der Waals surface area contributed by atoms with Gasteiger partial charge in [0.15, 0.2) is 0 Å². The van der Waals surface area contributed by atoms with Crippen LogP contribution in [0.25, 0.3) is 10.9 Å². The third-order valence-electron chi connectivity index (χ3n) is 5.47. The van der Waals surface area contributed by atoms with Gasteiger partial charge in [-0.15, -0.1) is 0 Å². The number of amides is 1. The predicted octanol–water partition coefficient (Wildman–Crippen LogP) is 6.68. The van der Waals surface area contributed by atoms with Crippen molar-refractivity contribution >= 4 is 45.2 Å². The normalized spacial score (nSPS) is 10.6. The number of rotatable bonds is 6. The molecule has 2 heterocycles. The van der Waals surface area contributed by atoms with Gasteiger partial charge in [-0.05, 0) is 73.2 Å². The zero-order valence-electron chi connectivity index (χ0n) is 18.6. The fourth-order valence-corrected chi connectivity index (χ4v) is 3.74. The minimum absolute atomic E-state index is 0.168. The van der Waals surface area contributed by atoms with Crippen molar-refractivity contribution in [1.82, 2.24) is 9.97 Å². The van der Waals surface area contributed by atoms with E-state index in [0.29, 0.717) is 11.3 Å². The molecule has 0 aliphatic carbocycles. The van der Waals surface area contributed by atoms with Gasteiger partial charge < -0.3 is 16.0 Å². The van der Waals surface area contributed by atoms with Crippen molar-refractivity contribution in [2.45, 2.75) is 6.92 Å². The molecule has 6 heteroatoms. The van der Waals surface area contributed by atoms with E-state index >= 15 is 0 Å². The van der Waals surface area contributed by atoms with Crippen LogP contribution in [0.1, 0.15) is 15.9 Å². The Kier molecular flexibility index (Phi) is 5.86. The van der Waals surface area contributed by atoms with Crippen molar-refractivity contribution < 1.29 is 4.79 Å². The maximum Gasteiger partial charge on any atom is 0.255 e. The molecule has 0 spiro atoms. The van der Waals surface area contributed by atoms with Crippen LogP contribution in [0.5, 0.6) is 0 Å². The van der Waals surface area contributed by atoms with E-state index in [-0.39, 0.29) is 5.91 Å². The molecule has 0 bridgehead atoms. The molecule has 0 saturated carbocycles. The first-order chi connectivity index (χ1) is 16.7. The highest BCUT2D eigenvalue weighted by atomic mass is 16.1. The Balaban J connectivity index is 1.29. The number of aryl methyl sites for hydroxylation is 1. The molecule has 6 nitrogen and oxygen atoms in total. The lowest BCUT2D eigenvalue weighted by Gasteiger charge is -2.13. The lowest BCUT2D eigenvalue weighted by Crippen LogP contribution is -2.12. The summed E-state index contributed by atoms with van der Waals surface area (Å²) in [5.41, 5.74) is 7.01. The van der Waals surface area contributed by atoms with E-state index in [0.717, 1.165) is 39.2 Å². The highest BCUT2D eigenvalue weighted by molar-refractivity contribution is 6.04. The maximum atomic E-state index is 12.8. The number of hydrogen-bond donors (Lipinski definition) is 3. The first kappa shape index (κ1) is 21.2. The molecule has 0 aliphatic heterocycles. The van der Waals surface area contributed by atoms with E-state index < -0.39 is 0 Å². The van der Waals surface area contributed by atoms with E-state index in [1.165, 1.54) is 0 Å². The van der Waals surface area contributed by atoms with Gasteiger partial charge in [-0.25, -0.2) is 0 Å². The first-order valence-corrected chi connectivity index (χ1v) is 11.0. The van der Waals surface area contributed by atoms with Crippen LogP contribution in [0.2, 0.25) is 0 Å². The number of nitrogens with one attached hydrogen (secondary N) is 3. The van der Waals surface area contributed by atoms with Crippen LogP contribution >= 0.6 is 0 Å². The molecular weight excluding hydrogens is 422 g/mol. The van der Waals surface area contributed by atoms with Gasteiger partial charge in [0.2, 0.25) is 0 Å². The average molecular weight is 446 g/mol. The fourth-order valence-electron chi connectivity index (χ4n) is 3.74. The van der Waals surface area contributed by atoms with Crippen molar-refractivity contribution in [3.63, 3.8) is 0 Å². The summed E-state index contributed by atoms with van der Waals surface area (Å²) in [6, 6.07) is 26.8. The number of aromatic nitrogens is 2. The number of nitrogens with zero attached hydrogens (tertiary/aromatic N) is 2. The number of hydrogen-bond acceptors (Lipinski definition) is 5. The maximum absolute atomic E-state index is 12.8. The quantitative estimate of drug-likeness (QED) is 0.272. The molecule has 5 aromatic rings. The Bertz CT molecular complexity index is 1450. The van der Waals surface area contributed by atoms with Gasteiger partial charge in [-0.2, -0.15) is 0 Å². The smallest absolute Gasteiger partial charge is 0.255 e. The molecule has 3 aromatic carbocycles. The molecule has 5 rings (SSSR count). The molecule has 3 N–H and O–H groups in total. The zero-order chi connectivity index (χ0) is 23.3. The van der Waals surface area contributed by atoms with E-state index in [2.05, 4.69) is 32.0 Å². The number of anilines is 5. The SMILES string of the molecule is Cc1cnc2ccccc2c1Nc1ccc(C(=O)Nc2cccc(Nc3ccncc3)c2)cc1. The van der Waals surface area contributed by atoms with Gasteiger partial charge in [0, 0.05) is 52.3 Å². The van der Waals surface area contributed by atoms with Crippen LogP contribution < -0.4 is 16.0 Å². The average Bonchev–Trinajstić information content (AvgIpc) is 2.87. The molecule has 0 radical (unpaired) electrons. The third-order valence-corrected chi connectivity index (χ3v) is 5.47. The van der Waals surface area contributed by atoms with Crippen molar-refractivity contribution in [2.24, 2.45) is 0 Å². The number of carbonyl (C=O) groups excluding carboxylic acids is 1. The molecule has 2 aromatic heterocycles. The minimum atomic E-state index is -0.168. The Labute approximate surface area is 197 Å². The highest BCUT2D eigenvalue weighted by Crippen LogP contribution is 2.28. The molecule has 0 atom stereocenters. The molecule has 0 aliphatic rings. The Morgan fingerprint density at radius 2 is 1.47 bits per heavy atom. The standard InChI is InChI=1S/C28H23N5O/c1-19-18-30-26-8-3-2-7-25(26)27(19)32-21-11-9-20(10-12-21)28(34)33-24-6-4-5-23(17-24)31-22-13-15-29-16-14-22/h2-18H,1H3,(H,29,31)(H,30,32)(H,33,34). The predicted molar refractivity (Wildman–Crippen MR) is 138 cm³/mol. The topological polar surface area (TPSA) is 78.9 Å². The summed E-state index contributed by atoms with van der Waals surface area (Å²) in [6.07, 6.45) is 5.32. The van der Waals surface area contributed by atoms with Crippen LogP contribution in [-0.4, -0.2) is 15.9 Å². The van der Waals surface area contributed by atoms with Gasteiger partial charge in [0.1, 0.15) is 0 Å². The van der Waals surface area contributed by atoms with Crippen molar-refractivity contribution in [2.75, 3.05) is 16.0 Å². The summed E-state index contributed by atoms with van der Waals surface area (Å²) in [4.78, 5) is 21.3. The van der Waals surface area contributed by atoms with E-state index in [4.69, 9.17) is 0 Å². The van der Waals surface area contributed by atoms with E-state index in [1.807, 2.05) is 92.0 Å². The first-order valence-electron chi connectivity index (χ1n) is 11.0. The van der Waals surface area contributed by atoms with Crippen molar-refractivity contribution in [1.29, 1.82) is 0 Å². The molecule has 0 unspecified atom stereocenters. The Hall–Kier alpha value is -4.71. The van der Waals surface area contributed by atoms with Gasteiger partial charge in [-0.3, -0.25) is 14.8 Å². The van der Waals surface area contributed by atoms with Crippen LogP contribution in [0.4, 0.5) is 28.4 Å². The number of carbonyl (C=O) groups is 1. The van der Waals surface area contributed by atoms with E-state index in [1.54, 1.807) is 12.4 Å². The Morgan fingerprint density at radius 1 is 0.735 bits per heavy atom. The number of para-hydroxylation sites is 1. The molecule has 1 amide bonds. The summed E-state index contributed by atoms with van der Waals surface area (Å²) in [5.74, 6) is -0.168. The zero-order valence-corrected chi connectivity index (χ0v) is 18.6. The summed E-state index contributed by atoms with van der Waals surface area (Å²) >= 11 is 0. The van der Waals surface area contributed by atoms with Crippen molar-refractivity contribution in [3.8, 4) is 0 Å². The molecule has 0 fully saturated rings. The summed E-state index contributed by atoms with van der Waals surface area (Å²) < 4.78 is 0. The van der Waals surface area contributed by atoms with Gasteiger partial charge in [0.25, 0.3) is 5.91 Å². The highest BCUT2D eigenvalue weighted by Gasteiger charge is 2.09. The molecular formula is C28H23N5O. The lowest BCUT2D eigenvalue weighted by molar-refractivity contribution is 0.102. The van der Waals surface area contributed by atoms with Crippen LogP contribution in [-0.2, 0) is 0 Å². The second kappa shape index (κ2) is 9.42. The van der Waals surface area contributed by atoms with Crippen LogP contribution in [0.3, 0.4) is 0 Å². The van der Waals surface area contributed by atoms with Crippen LogP contribution in [0.15, 0.2) is 104 Å². The monoisotopic (exact) mass is 445 g/mol.